The summed E-state index contributed by atoms with van der Waals surface area (Å²) >= 11 is 0. The van der Waals surface area contributed by atoms with Gasteiger partial charge in [0.05, 0.1) is 0 Å². The largest absolute Gasteiger partial charge is 0.106 e. The van der Waals surface area contributed by atoms with E-state index in [1.807, 2.05) is 36.4 Å². The highest BCUT2D eigenvalue weighted by molar-refractivity contribution is 5.45. The van der Waals surface area contributed by atoms with Crippen molar-refractivity contribution in [2.24, 2.45) is 0 Å². The van der Waals surface area contributed by atoms with Crippen LogP contribution in [-0.2, 0) is 0 Å². The van der Waals surface area contributed by atoms with Gasteiger partial charge in [-0.25, -0.2) is 0 Å². The summed E-state index contributed by atoms with van der Waals surface area (Å²) in [5, 5.41) is 0. The van der Waals surface area contributed by atoms with Gasteiger partial charge in [-0.1, -0.05) is 43.0 Å². The molecule has 0 atom stereocenters. The molecule has 0 aromatic heterocycles. The molecule has 1 rings (SSSR count). The van der Waals surface area contributed by atoms with E-state index in [1.165, 1.54) is 5.56 Å². The van der Waals surface area contributed by atoms with Crippen LogP contribution in [0, 0.1) is 0 Å². The van der Waals surface area contributed by atoms with Crippen molar-refractivity contribution in [3.05, 3.63) is 55.6 Å². The Kier molecular flexibility index (Phi) is 5.07. The molecule has 0 spiro atoms. The fourth-order valence-electron chi connectivity index (χ4n) is 0.589. The summed E-state index contributed by atoms with van der Waals surface area (Å²) in [7, 11) is 0. The topological polar surface area (TPSA) is 0 Å². The first-order valence-corrected chi connectivity index (χ1v) is 3.11. The standard InChI is InChI=1S/C8H8.C2H4/c1-2-8-6-4-3-5-7-8;1-2/h2-7H,1H2;1-2H2. The molecule has 0 aliphatic rings. The second kappa shape index (κ2) is 5.83. The third kappa shape index (κ3) is 2.88. The van der Waals surface area contributed by atoms with Crippen LogP contribution < -0.4 is 0 Å². The monoisotopic (exact) mass is 132 g/mol. The minimum Gasteiger partial charge on any atom is -0.106 e. The van der Waals surface area contributed by atoms with Crippen LogP contribution in [0.2, 0.25) is 0 Å². The van der Waals surface area contributed by atoms with E-state index in [1.54, 1.807) is 0 Å². The van der Waals surface area contributed by atoms with Crippen molar-refractivity contribution in [3.8, 4) is 0 Å². The number of hydrogen-bond donors (Lipinski definition) is 0. The first-order valence-electron chi connectivity index (χ1n) is 3.11. The molecule has 0 aliphatic heterocycles. The molecule has 0 nitrogen and oxygen atoms in total. The summed E-state index contributed by atoms with van der Waals surface area (Å²) in [5.41, 5.74) is 1.17. The predicted molar refractivity (Wildman–Crippen MR) is 47.8 cm³/mol. The van der Waals surface area contributed by atoms with E-state index in [4.69, 9.17) is 0 Å². The second-order valence-corrected chi connectivity index (χ2v) is 1.61. The van der Waals surface area contributed by atoms with Crippen molar-refractivity contribution in [1.29, 1.82) is 0 Å². The van der Waals surface area contributed by atoms with E-state index in [0.717, 1.165) is 0 Å². The average Bonchev–Trinajstić information content (AvgIpc) is 2.10. The molecule has 0 heterocycles. The number of rotatable bonds is 1. The molecule has 0 aliphatic carbocycles. The molecular formula is C10H12. The summed E-state index contributed by atoms with van der Waals surface area (Å²) in [5.74, 6) is 0. The van der Waals surface area contributed by atoms with Crippen LogP contribution in [0.15, 0.2) is 50.1 Å². The van der Waals surface area contributed by atoms with Gasteiger partial charge in [-0.3, -0.25) is 0 Å². The lowest BCUT2D eigenvalue weighted by Gasteiger charge is -1.85. The third-order valence-electron chi connectivity index (χ3n) is 1.04. The Labute approximate surface area is 62.5 Å². The van der Waals surface area contributed by atoms with Crippen molar-refractivity contribution < 1.29 is 0 Å². The van der Waals surface area contributed by atoms with Crippen molar-refractivity contribution in [2.75, 3.05) is 0 Å². The van der Waals surface area contributed by atoms with Gasteiger partial charge in [-0.05, 0) is 5.56 Å². The van der Waals surface area contributed by atoms with Gasteiger partial charge in [0, 0.05) is 0 Å². The smallest absolute Gasteiger partial charge is 0.0263 e. The maximum Gasteiger partial charge on any atom is -0.0263 e. The summed E-state index contributed by atoms with van der Waals surface area (Å²) in [4.78, 5) is 0. The van der Waals surface area contributed by atoms with Crippen LogP contribution >= 0.6 is 0 Å². The van der Waals surface area contributed by atoms with E-state index >= 15 is 0 Å². The molecule has 0 bridgehead atoms. The van der Waals surface area contributed by atoms with Gasteiger partial charge in [0.1, 0.15) is 0 Å². The third-order valence-corrected chi connectivity index (χ3v) is 1.04. The zero-order valence-electron chi connectivity index (χ0n) is 6.09. The van der Waals surface area contributed by atoms with Gasteiger partial charge in [-0.15, -0.1) is 13.2 Å². The Balaban J connectivity index is 0.000000371. The molecule has 0 radical (unpaired) electrons. The van der Waals surface area contributed by atoms with E-state index < -0.39 is 0 Å². The minimum atomic E-state index is 1.17. The predicted octanol–water partition coefficient (Wildman–Crippen LogP) is 3.13. The number of benzene rings is 1. The molecule has 52 valence electrons. The van der Waals surface area contributed by atoms with Gasteiger partial charge in [-0.2, -0.15) is 0 Å². The van der Waals surface area contributed by atoms with Gasteiger partial charge < -0.3 is 0 Å². The molecule has 0 unspecified atom stereocenters. The van der Waals surface area contributed by atoms with Crippen LogP contribution in [0.1, 0.15) is 5.56 Å². The minimum absolute atomic E-state index is 1.17. The van der Waals surface area contributed by atoms with Crippen LogP contribution in [0.3, 0.4) is 0 Å². The molecule has 0 saturated carbocycles. The maximum absolute atomic E-state index is 3.63. The Morgan fingerprint density at radius 1 is 1.00 bits per heavy atom. The molecule has 1 aromatic carbocycles. The summed E-state index contributed by atoms with van der Waals surface area (Å²) < 4.78 is 0. The highest BCUT2D eigenvalue weighted by Crippen LogP contribution is 1.97. The number of hydrogen-bond acceptors (Lipinski definition) is 0. The molecule has 1 aromatic rings. The van der Waals surface area contributed by atoms with E-state index in [9.17, 15) is 0 Å². The Bertz CT molecular complexity index is 174. The van der Waals surface area contributed by atoms with Gasteiger partial charge in [0.15, 0.2) is 0 Å². The lowest BCUT2D eigenvalue weighted by Crippen LogP contribution is -1.63. The Morgan fingerprint density at radius 2 is 1.50 bits per heavy atom. The second-order valence-electron chi connectivity index (χ2n) is 1.61. The molecule has 0 N–H and O–H groups in total. The van der Waals surface area contributed by atoms with Crippen LogP contribution in [-0.4, -0.2) is 0 Å². The zero-order chi connectivity index (χ0) is 7.82. The molecule has 0 saturated heterocycles. The van der Waals surface area contributed by atoms with Crippen molar-refractivity contribution in [3.63, 3.8) is 0 Å². The maximum atomic E-state index is 3.63. The van der Waals surface area contributed by atoms with Crippen LogP contribution in [0.25, 0.3) is 6.08 Å². The quantitative estimate of drug-likeness (QED) is 0.515. The zero-order valence-corrected chi connectivity index (χ0v) is 6.09. The Morgan fingerprint density at radius 3 is 1.80 bits per heavy atom. The molecule has 0 heteroatoms. The lowest BCUT2D eigenvalue weighted by molar-refractivity contribution is 1.67. The highest BCUT2D eigenvalue weighted by atomic mass is 13.8. The molecular weight excluding hydrogens is 120 g/mol. The van der Waals surface area contributed by atoms with Crippen LogP contribution in [0.4, 0.5) is 0 Å². The fraction of sp³-hybridized carbons (Fsp3) is 0. The van der Waals surface area contributed by atoms with Gasteiger partial charge in [0.25, 0.3) is 0 Å². The lowest BCUT2D eigenvalue weighted by atomic mass is 10.2. The Hall–Kier alpha value is -1.30. The van der Waals surface area contributed by atoms with E-state index in [-0.39, 0.29) is 0 Å². The van der Waals surface area contributed by atoms with Crippen LogP contribution in [0.5, 0.6) is 0 Å². The summed E-state index contributed by atoms with van der Waals surface area (Å²) in [6, 6.07) is 10.0. The van der Waals surface area contributed by atoms with Gasteiger partial charge >= 0.3 is 0 Å². The van der Waals surface area contributed by atoms with Gasteiger partial charge in [0.2, 0.25) is 0 Å². The fourth-order valence-corrected chi connectivity index (χ4v) is 0.589. The van der Waals surface area contributed by atoms with E-state index in [0.29, 0.717) is 0 Å². The highest BCUT2D eigenvalue weighted by Gasteiger charge is 1.75. The first-order chi connectivity index (χ1) is 4.93. The van der Waals surface area contributed by atoms with Crippen molar-refractivity contribution in [2.45, 2.75) is 0 Å². The SMILES string of the molecule is C=C.C=Cc1ccccc1. The molecule has 10 heavy (non-hydrogen) atoms. The average molecular weight is 132 g/mol. The first kappa shape index (κ1) is 8.70. The van der Waals surface area contributed by atoms with Crippen molar-refractivity contribution in [1.82, 2.24) is 0 Å². The van der Waals surface area contributed by atoms with E-state index in [2.05, 4.69) is 19.7 Å². The summed E-state index contributed by atoms with van der Waals surface area (Å²) in [6.07, 6.45) is 1.83. The molecule has 0 fully saturated rings. The normalized spacial score (nSPS) is 7.20. The molecule has 0 amide bonds. The van der Waals surface area contributed by atoms with Crippen molar-refractivity contribution >= 4 is 6.08 Å². The summed E-state index contributed by atoms with van der Waals surface area (Å²) in [6.45, 7) is 9.63.